The molecule has 0 radical (unpaired) electrons. The molecule has 7 nitrogen and oxygen atoms in total. The molecule has 2 fully saturated rings. The minimum Gasteiger partial charge on any atom is -0.460 e. The summed E-state index contributed by atoms with van der Waals surface area (Å²) in [6.45, 7) is 4.13. The first-order valence-electron chi connectivity index (χ1n) is 9.54. The number of anilines is 2. The fourth-order valence-corrected chi connectivity index (χ4v) is 3.81. The third-order valence-electron chi connectivity index (χ3n) is 5.47. The van der Waals surface area contributed by atoms with E-state index in [1.807, 2.05) is 42.5 Å². The van der Waals surface area contributed by atoms with Gasteiger partial charge in [0.15, 0.2) is 11.4 Å². The molecule has 0 aliphatic carbocycles. The number of furan rings is 1. The first-order chi connectivity index (χ1) is 13.7. The average molecular weight is 378 g/mol. The Kier molecular flexibility index (Phi) is 4.16. The molecule has 1 atom stereocenters. The van der Waals surface area contributed by atoms with E-state index in [1.54, 1.807) is 11.2 Å². The highest BCUT2D eigenvalue weighted by Gasteiger charge is 2.35. The van der Waals surface area contributed by atoms with Gasteiger partial charge in [-0.05, 0) is 24.7 Å². The van der Waals surface area contributed by atoms with E-state index in [0.717, 1.165) is 48.5 Å². The molecule has 2 aromatic heterocycles. The zero-order valence-electron chi connectivity index (χ0n) is 15.7. The van der Waals surface area contributed by atoms with Crippen molar-refractivity contribution in [1.29, 1.82) is 0 Å². The smallest absolute Gasteiger partial charge is 0.416 e. The van der Waals surface area contributed by atoms with Gasteiger partial charge in [-0.15, -0.1) is 0 Å². The molecular weight excluding hydrogens is 356 g/mol. The first kappa shape index (κ1) is 17.1. The van der Waals surface area contributed by atoms with Crippen molar-refractivity contribution in [1.82, 2.24) is 9.88 Å². The van der Waals surface area contributed by atoms with Crippen LogP contribution in [-0.2, 0) is 4.74 Å². The Hall–Kier alpha value is -3.06. The molecule has 1 unspecified atom stereocenters. The summed E-state index contributed by atoms with van der Waals surface area (Å²) in [4.78, 5) is 23.5. The number of hydrogen-bond acceptors (Lipinski definition) is 6. The summed E-state index contributed by atoms with van der Waals surface area (Å²) < 4.78 is 11.3. The van der Waals surface area contributed by atoms with Crippen molar-refractivity contribution in [2.24, 2.45) is 0 Å². The number of carbonyl (C=O) groups is 1. The summed E-state index contributed by atoms with van der Waals surface area (Å²) in [5.41, 5.74) is 1.75. The second kappa shape index (κ2) is 6.83. The molecule has 0 spiro atoms. The van der Waals surface area contributed by atoms with Crippen LogP contribution in [0.25, 0.3) is 11.0 Å². The van der Waals surface area contributed by atoms with Gasteiger partial charge in [-0.25, -0.2) is 9.78 Å². The molecule has 7 heteroatoms. The zero-order chi connectivity index (χ0) is 19.1. The van der Waals surface area contributed by atoms with Gasteiger partial charge in [-0.2, -0.15) is 0 Å². The number of piperazine rings is 1. The van der Waals surface area contributed by atoms with Gasteiger partial charge < -0.3 is 19.0 Å². The Morgan fingerprint density at radius 3 is 2.64 bits per heavy atom. The van der Waals surface area contributed by atoms with Crippen LogP contribution in [0.3, 0.4) is 0 Å². The van der Waals surface area contributed by atoms with E-state index in [0.29, 0.717) is 12.4 Å². The Morgan fingerprint density at radius 1 is 1.07 bits per heavy atom. The molecule has 2 saturated heterocycles. The fourth-order valence-electron chi connectivity index (χ4n) is 3.81. The molecule has 0 N–H and O–H groups in total. The molecule has 28 heavy (non-hydrogen) atoms. The standard InChI is InChI=1S/C21H22N4O3/c1-23-8-10-24(11-9-23)20-19-16(7-12-27-19)13-18(22-20)25-14-17(28-21(25)26)15-5-3-2-4-6-15/h2-7,12-13,17H,8-11,14H2,1H3. The van der Waals surface area contributed by atoms with Crippen LogP contribution in [0.1, 0.15) is 11.7 Å². The van der Waals surface area contributed by atoms with Gasteiger partial charge >= 0.3 is 6.09 Å². The lowest BCUT2D eigenvalue weighted by molar-refractivity contribution is 0.142. The van der Waals surface area contributed by atoms with E-state index >= 15 is 0 Å². The molecule has 0 saturated carbocycles. The highest BCUT2D eigenvalue weighted by Crippen LogP contribution is 2.34. The summed E-state index contributed by atoms with van der Waals surface area (Å²) in [5.74, 6) is 1.40. The number of amides is 1. The number of hydrogen-bond donors (Lipinski definition) is 0. The van der Waals surface area contributed by atoms with Gasteiger partial charge in [0.1, 0.15) is 11.9 Å². The number of rotatable bonds is 3. The van der Waals surface area contributed by atoms with Gasteiger partial charge in [0.2, 0.25) is 0 Å². The summed E-state index contributed by atoms with van der Waals surface area (Å²) in [5, 5.41) is 0.940. The van der Waals surface area contributed by atoms with E-state index in [2.05, 4.69) is 16.8 Å². The van der Waals surface area contributed by atoms with E-state index in [1.165, 1.54) is 0 Å². The van der Waals surface area contributed by atoms with Crippen LogP contribution in [0.4, 0.5) is 16.4 Å². The fraction of sp³-hybridized carbons (Fsp3) is 0.333. The number of carbonyl (C=O) groups excluding carboxylic acids is 1. The zero-order valence-corrected chi connectivity index (χ0v) is 15.7. The molecule has 1 amide bonds. The lowest BCUT2D eigenvalue weighted by atomic mass is 10.1. The largest absolute Gasteiger partial charge is 0.460 e. The molecule has 1 aromatic carbocycles. The number of likely N-dealkylation sites (N-methyl/N-ethyl adjacent to an activating group) is 1. The second-order valence-electron chi connectivity index (χ2n) is 7.33. The van der Waals surface area contributed by atoms with Crippen molar-refractivity contribution in [2.45, 2.75) is 6.10 Å². The van der Waals surface area contributed by atoms with Crippen molar-refractivity contribution in [2.75, 3.05) is 49.6 Å². The van der Waals surface area contributed by atoms with E-state index in [9.17, 15) is 4.79 Å². The molecule has 3 aromatic rings. The maximum absolute atomic E-state index is 12.6. The number of pyridine rings is 1. The van der Waals surface area contributed by atoms with E-state index in [-0.39, 0.29) is 12.2 Å². The minimum atomic E-state index is -0.367. The van der Waals surface area contributed by atoms with E-state index < -0.39 is 0 Å². The SMILES string of the molecule is CN1CCN(c2nc(N3CC(c4ccccc4)OC3=O)cc3ccoc23)CC1. The van der Waals surface area contributed by atoms with Crippen LogP contribution in [-0.4, -0.2) is 55.7 Å². The van der Waals surface area contributed by atoms with Crippen LogP contribution >= 0.6 is 0 Å². The van der Waals surface area contributed by atoms with Crippen LogP contribution in [0.15, 0.2) is 53.1 Å². The Bertz CT molecular complexity index is 995. The Labute approximate surface area is 163 Å². The predicted octanol–water partition coefficient (Wildman–Crippen LogP) is 3.28. The molecule has 5 rings (SSSR count). The second-order valence-corrected chi connectivity index (χ2v) is 7.33. The minimum absolute atomic E-state index is 0.289. The normalized spacial score (nSPS) is 20.8. The summed E-state index contributed by atoms with van der Waals surface area (Å²) >= 11 is 0. The number of fused-ring (bicyclic) bond motifs is 1. The highest BCUT2D eigenvalue weighted by molar-refractivity contribution is 5.95. The molecule has 2 aliphatic heterocycles. The number of ether oxygens (including phenoxy) is 1. The van der Waals surface area contributed by atoms with Crippen LogP contribution in [0, 0.1) is 0 Å². The van der Waals surface area contributed by atoms with Gasteiger partial charge in [-0.1, -0.05) is 30.3 Å². The molecular formula is C21H22N4O3. The maximum atomic E-state index is 12.6. The van der Waals surface area contributed by atoms with Crippen LogP contribution in [0.2, 0.25) is 0 Å². The number of aromatic nitrogens is 1. The third-order valence-corrected chi connectivity index (χ3v) is 5.47. The molecule has 0 bridgehead atoms. The lowest BCUT2D eigenvalue weighted by Crippen LogP contribution is -2.45. The van der Waals surface area contributed by atoms with Crippen molar-refractivity contribution in [3.8, 4) is 0 Å². The number of cyclic esters (lactones) is 1. The van der Waals surface area contributed by atoms with Gasteiger partial charge in [0, 0.05) is 31.6 Å². The highest BCUT2D eigenvalue weighted by atomic mass is 16.6. The number of benzene rings is 1. The first-order valence-corrected chi connectivity index (χ1v) is 9.54. The summed E-state index contributed by atoms with van der Waals surface area (Å²) in [6, 6.07) is 13.6. The van der Waals surface area contributed by atoms with Crippen molar-refractivity contribution in [3.05, 3.63) is 54.3 Å². The summed E-state index contributed by atoms with van der Waals surface area (Å²) in [7, 11) is 2.12. The van der Waals surface area contributed by atoms with Gasteiger partial charge in [0.05, 0.1) is 12.8 Å². The molecule has 4 heterocycles. The molecule has 2 aliphatic rings. The van der Waals surface area contributed by atoms with Gasteiger partial charge in [-0.3, -0.25) is 4.90 Å². The summed E-state index contributed by atoms with van der Waals surface area (Å²) in [6.07, 6.45) is 1.02. The van der Waals surface area contributed by atoms with Crippen molar-refractivity contribution < 1.29 is 13.9 Å². The van der Waals surface area contributed by atoms with Crippen molar-refractivity contribution in [3.63, 3.8) is 0 Å². The van der Waals surface area contributed by atoms with Crippen LogP contribution in [0.5, 0.6) is 0 Å². The van der Waals surface area contributed by atoms with Crippen LogP contribution < -0.4 is 9.80 Å². The molecule has 144 valence electrons. The predicted molar refractivity (Wildman–Crippen MR) is 107 cm³/mol. The van der Waals surface area contributed by atoms with E-state index in [4.69, 9.17) is 14.1 Å². The lowest BCUT2D eigenvalue weighted by Gasteiger charge is -2.33. The maximum Gasteiger partial charge on any atom is 0.416 e. The third kappa shape index (κ3) is 2.97. The average Bonchev–Trinajstić information content (AvgIpc) is 3.35. The topological polar surface area (TPSA) is 62.0 Å². The van der Waals surface area contributed by atoms with Crippen molar-refractivity contribution >= 4 is 28.7 Å². The Morgan fingerprint density at radius 2 is 1.86 bits per heavy atom. The number of nitrogens with zero attached hydrogens (tertiary/aromatic N) is 4. The Balaban J connectivity index is 1.48. The quantitative estimate of drug-likeness (QED) is 0.697. The monoisotopic (exact) mass is 378 g/mol. The van der Waals surface area contributed by atoms with Gasteiger partial charge in [0.25, 0.3) is 0 Å².